The van der Waals surface area contributed by atoms with Gasteiger partial charge in [-0.15, -0.1) is 12.4 Å². The van der Waals surface area contributed by atoms with E-state index in [1.54, 1.807) is 0 Å². The molecule has 0 unspecified atom stereocenters. The van der Waals surface area contributed by atoms with E-state index in [1.807, 2.05) is 13.8 Å². The van der Waals surface area contributed by atoms with Crippen LogP contribution in [0.2, 0.25) is 0 Å². The van der Waals surface area contributed by atoms with E-state index in [4.69, 9.17) is 5.73 Å². The Morgan fingerprint density at radius 2 is 1.86 bits per heavy atom. The highest BCUT2D eigenvalue weighted by molar-refractivity contribution is 5.96. The minimum Gasteiger partial charge on any atom is -0.350 e. The van der Waals surface area contributed by atoms with Crippen molar-refractivity contribution in [1.82, 2.24) is 5.32 Å². The molecule has 0 saturated heterocycles. The number of rotatable bonds is 6. The molecule has 0 fully saturated rings. The Morgan fingerprint density at radius 3 is 2.36 bits per heavy atom. The summed E-state index contributed by atoms with van der Waals surface area (Å²) in [4.78, 5) is 23.1. The summed E-state index contributed by atoms with van der Waals surface area (Å²) in [6.45, 7) is 5.54. The normalized spacial score (nSPS) is 10.6. The van der Waals surface area contributed by atoms with Crippen LogP contribution in [-0.4, -0.2) is 23.9 Å². The van der Waals surface area contributed by atoms with Crippen LogP contribution in [0.3, 0.4) is 0 Å². The summed E-state index contributed by atoms with van der Waals surface area (Å²) in [5, 5.41) is 5.09. The molecule has 0 radical (unpaired) electrons. The molecule has 22 heavy (non-hydrogen) atoms. The highest BCUT2D eigenvalue weighted by Crippen LogP contribution is 2.16. The van der Waals surface area contributed by atoms with Gasteiger partial charge in [-0.25, -0.2) is 4.39 Å². The Morgan fingerprint density at radius 1 is 1.27 bits per heavy atom. The number of nitrogens with two attached hydrogens (primary N) is 1. The molecule has 1 aromatic carbocycles. The molecule has 0 bridgehead atoms. The lowest BCUT2D eigenvalue weighted by Crippen LogP contribution is -2.49. The number of carbonyl (C=O) groups is 2. The lowest BCUT2D eigenvalue weighted by atomic mass is 9.94. The lowest BCUT2D eigenvalue weighted by Gasteiger charge is -2.26. The van der Waals surface area contributed by atoms with E-state index in [-0.39, 0.29) is 29.6 Å². The average molecular weight is 332 g/mol. The van der Waals surface area contributed by atoms with Crippen molar-refractivity contribution in [2.75, 3.05) is 11.9 Å². The number of nitrogens with one attached hydrogen (secondary N) is 2. The van der Waals surface area contributed by atoms with Crippen LogP contribution in [0.15, 0.2) is 18.2 Å². The topological polar surface area (TPSA) is 84.2 Å². The highest BCUT2D eigenvalue weighted by atomic mass is 35.5. The maximum absolute atomic E-state index is 13.5. The van der Waals surface area contributed by atoms with E-state index in [1.165, 1.54) is 19.1 Å². The Labute approximate surface area is 136 Å². The van der Waals surface area contributed by atoms with Crippen molar-refractivity contribution in [3.8, 4) is 0 Å². The largest absolute Gasteiger partial charge is 0.350 e. The highest BCUT2D eigenvalue weighted by Gasteiger charge is 2.21. The Balaban J connectivity index is 0.00000441. The standard InChI is InChI=1S/C15H22FN3O2.ClH/c1-4-15(17,5-2)9-18-14(21)11-6-7-12(16)13(8-11)19-10(3)20;/h6-8H,4-5,9,17H2,1-3H3,(H,18,21)(H,19,20);1H. The number of anilines is 1. The number of benzene rings is 1. The minimum absolute atomic E-state index is 0. The molecule has 0 aliphatic rings. The maximum atomic E-state index is 13.5. The van der Waals surface area contributed by atoms with Crippen molar-refractivity contribution < 1.29 is 14.0 Å². The van der Waals surface area contributed by atoms with Crippen LogP contribution in [0.1, 0.15) is 44.0 Å². The van der Waals surface area contributed by atoms with E-state index in [2.05, 4.69) is 10.6 Å². The second-order valence-corrected chi connectivity index (χ2v) is 5.13. The SMILES string of the molecule is CCC(N)(CC)CNC(=O)c1ccc(F)c(NC(C)=O)c1.Cl. The molecule has 0 heterocycles. The van der Waals surface area contributed by atoms with E-state index < -0.39 is 17.3 Å². The van der Waals surface area contributed by atoms with Gasteiger partial charge in [0.05, 0.1) is 5.69 Å². The Hall–Kier alpha value is -1.66. The van der Waals surface area contributed by atoms with Crippen LogP contribution in [0.4, 0.5) is 10.1 Å². The molecule has 124 valence electrons. The van der Waals surface area contributed by atoms with Crippen LogP contribution in [0.25, 0.3) is 0 Å². The molecule has 1 aromatic rings. The van der Waals surface area contributed by atoms with Crippen LogP contribution >= 0.6 is 12.4 Å². The molecule has 0 aliphatic carbocycles. The number of amides is 2. The maximum Gasteiger partial charge on any atom is 0.251 e. The predicted molar refractivity (Wildman–Crippen MR) is 87.8 cm³/mol. The molecule has 0 aromatic heterocycles. The number of carbonyl (C=O) groups excluding carboxylic acids is 2. The third-order valence-corrected chi connectivity index (χ3v) is 3.55. The molecule has 0 spiro atoms. The number of hydrogen-bond donors (Lipinski definition) is 3. The predicted octanol–water partition coefficient (Wildman–Crippen LogP) is 2.45. The van der Waals surface area contributed by atoms with Crippen LogP contribution in [-0.2, 0) is 4.79 Å². The van der Waals surface area contributed by atoms with Crippen molar-refractivity contribution in [2.45, 2.75) is 39.2 Å². The van der Waals surface area contributed by atoms with E-state index >= 15 is 0 Å². The number of hydrogen-bond acceptors (Lipinski definition) is 3. The fourth-order valence-electron chi connectivity index (χ4n) is 1.81. The fourth-order valence-corrected chi connectivity index (χ4v) is 1.81. The van der Waals surface area contributed by atoms with Crippen molar-refractivity contribution in [3.63, 3.8) is 0 Å². The summed E-state index contributed by atoms with van der Waals surface area (Å²) in [5.41, 5.74) is 5.92. The first-order valence-electron chi connectivity index (χ1n) is 6.95. The summed E-state index contributed by atoms with van der Waals surface area (Å²) in [7, 11) is 0. The fraction of sp³-hybridized carbons (Fsp3) is 0.467. The van der Waals surface area contributed by atoms with Crippen LogP contribution < -0.4 is 16.4 Å². The monoisotopic (exact) mass is 331 g/mol. The molecule has 0 saturated carbocycles. The van der Waals surface area contributed by atoms with E-state index in [9.17, 15) is 14.0 Å². The average Bonchev–Trinajstić information content (AvgIpc) is 2.46. The minimum atomic E-state index is -0.586. The van der Waals surface area contributed by atoms with Gasteiger partial charge in [0.25, 0.3) is 5.91 Å². The van der Waals surface area contributed by atoms with Gasteiger partial charge in [0.15, 0.2) is 0 Å². The van der Waals surface area contributed by atoms with Gasteiger partial charge < -0.3 is 16.4 Å². The van der Waals surface area contributed by atoms with Gasteiger partial charge in [-0.1, -0.05) is 13.8 Å². The summed E-state index contributed by atoms with van der Waals surface area (Å²) >= 11 is 0. The summed E-state index contributed by atoms with van der Waals surface area (Å²) in [5.74, 6) is -1.33. The third kappa shape index (κ3) is 5.61. The first-order chi connectivity index (χ1) is 9.81. The third-order valence-electron chi connectivity index (χ3n) is 3.55. The van der Waals surface area contributed by atoms with Crippen molar-refractivity contribution >= 4 is 29.9 Å². The van der Waals surface area contributed by atoms with Crippen molar-refractivity contribution in [1.29, 1.82) is 0 Å². The van der Waals surface area contributed by atoms with E-state index in [0.717, 1.165) is 18.9 Å². The van der Waals surface area contributed by atoms with Gasteiger partial charge in [-0.3, -0.25) is 9.59 Å². The summed E-state index contributed by atoms with van der Waals surface area (Å²) in [6, 6.07) is 3.82. The molecular formula is C15H23ClFN3O2. The molecule has 1 rings (SSSR count). The molecule has 0 aliphatic heterocycles. The van der Waals surface area contributed by atoms with Crippen LogP contribution in [0.5, 0.6) is 0 Å². The molecule has 2 amide bonds. The zero-order valence-electron chi connectivity index (χ0n) is 13.0. The second-order valence-electron chi connectivity index (χ2n) is 5.13. The van der Waals surface area contributed by atoms with Gasteiger partial charge in [0.2, 0.25) is 5.91 Å². The first kappa shape index (κ1) is 20.3. The van der Waals surface area contributed by atoms with Gasteiger partial charge in [0.1, 0.15) is 5.82 Å². The molecule has 5 nitrogen and oxygen atoms in total. The van der Waals surface area contributed by atoms with Crippen molar-refractivity contribution in [3.05, 3.63) is 29.6 Å². The van der Waals surface area contributed by atoms with Gasteiger partial charge in [0, 0.05) is 24.6 Å². The molecule has 7 heteroatoms. The molecule has 4 N–H and O–H groups in total. The van der Waals surface area contributed by atoms with Gasteiger partial charge in [-0.2, -0.15) is 0 Å². The Kier molecular flexibility index (Phi) is 8.05. The second kappa shape index (κ2) is 8.70. The number of halogens is 2. The van der Waals surface area contributed by atoms with Gasteiger partial charge >= 0.3 is 0 Å². The summed E-state index contributed by atoms with van der Waals surface area (Å²) in [6.07, 6.45) is 1.48. The zero-order valence-corrected chi connectivity index (χ0v) is 13.8. The molecule has 0 atom stereocenters. The van der Waals surface area contributed by atoms with Gasteiger partial charge in [-0.05, 0) is 31.0 Å². The van der Waals surface area contributed by atoms with E-state index in [0.29, 0.717) is 6.54 Å². The zero-order chi connectivity index (χ0) is 16.0. The lowest BCUT2D eigenvalue weighted by molar-refractivity contribution is -0.114. The smallest absolute Gasteiger partial charge is 0.251 e. The Bertz CT molecular complexity index is 534. The van der Waals surface area contributed by atoms with Crippen molar-refractivity contribution in [2.24, 2.45) is 5.73 Å². The first-order valence-corrected chi connectivity index (χ1v) is 6.95. The van der Waals surface area contributed by atoms with Crippen LogP contribution in [0, 0.1) is 5.82 Å². The quantitative estimate of drug-likeness (QED) is 0.748. The summed E-state index contributed by atoms with van der Waals surface area (Å²) < 4.78 is 13.5. The molecular weight excluding hydrogens is 309 g/mol.